The molecule has 0 radical (unpaired) electrons. The van der Waals surface area contributed by atoms with Crippen LogP contribution in [0.1, 0.15) is 25.3 Å². The van der Waals surface area contributed by atoms with Gasteiger partial charge >= 0.3 is 5.97 Å². The maximum absolute atomic E-state index is 12.0. The van der Waals surface area contributed by atoms with Crippen LogP contribution in [0.5, 0.6) is 0 Å². The first-order valence-corrected chi connectivity index (χ1v) is 7.42. The molecule has 0 spiro atoms. The Morgan fingerprint density at radius 3 is 2.86 bits per heavy atom. The molecule has 114 valence electrons. The zero-order valence-electron chi connectivity index (χ0n) is 12.4. The van der Waals surface area contributed by atoms with Gasteiger partial charge in [-0.2, -0.15) is 0 Å². The van der Waals surface area contributed by atoms with Gasteiger partial charge in [0.2, 0.25) is 5.91 Å². The summed E-state index contributed by atoms with van der Waals surface area (Å²) in [5, 5.41) is 2.82. The maximum Gasteiger partial charge on any atom is 0.307 e. The molecule has 1 atom stereocenters. The summed E-state index contributed by atoms with van der Waals surface area (Å²) >= 11 is 0. The quantitative estimate of drug-likeness (QED) is 0.803. The number of piperazine rings is 1. The highest BCUT2D eigenvalue weighted by atomic mass is 16.5. The number of rotatable bonds is 6. The molecule has 2 rings (SSSR count). The van der Waals surface area contributed by atoms with Crippen molar-refractivity contribution in [2.75, 3.05) is 19.7 Å². The van der Waals surface area contributed by atoms with Crippen LogP contribution >= 0.6 is 0 Å². The van der Waals surface area contributed by atoms with Gasteiger partial charge in [0.15, 0.2) is 0 Å². The second-order valence-corrected chi connectivity index (χ2v) is 5.19. The molecule has 5 nitrogen and oxygen atoms in total. The minimum absolute atomic E-state index is 0.0920. The van der Waals surface area contributed by atoms with Gasteiger partial charge in [0.25, 0.3) is 0 Å². The van der Waals surface area contributed by atoms with Crippen molar-refractivity contribution < 1.29 is 14.3 Å². The second kappa shape index (κ2) is 7.78. The highest BCUT2D eigenvalue weighted by Gasteiger charge is 2.31. The van der Waals surface area contributed by atoms with E-state index in [9.17, 15) is 9.59 Å². The van der Waals surface area contributed by atoms with E-state index in [1.165, 1.54) is 0 Å². The summed E-state index contributed by atoms with van der Waals surface area (Å²) in [6, 6.07) is 9.53. The third-order valence-corrected chi connectivity index (χ3v) is 3.50. The topological polar surface area (TPSA) is 58.6 Å². The van der Waals surface area contributed by atoms with Crippen LogP contribution in [0.15, 0.2) is 30.3 Å². The van der Waals surface area contributed by atoms with Gasteiger partial charge in [0.1, 0.15) is 6.04 Å². The van der Waals surface area contributed by atoms with Gasteiger partial charge in [-0.3, -0.25) is 14.5 Å². The zero-order chi connectivity index (χ0) is 15.1. The molecule has 1 aliphatic rings. The molecular formula is C16H22N2O3. The fourth-order valence-electron chi connectivity index (χ4n) is 2.42. The summed E-state index contributed by atoms with van der Waals surface area (Å²) in [6.45, 7) is 4.38. The van der Waals surface area contributed by atoms with Crippen LogP contribution < -0.4 is 5.32 Å². The number of benzene rings is 1. The van der Waals surface area contributed by atoms with Crippen LogP contribution in [-0.2, 0) is 20.9 Å². The lowest BCUT2D eigenvalue weighted by Crippen LogP contribution is -2.55. The molecule has 5 heteroatoms. The van der Waals surface area contributed by atoms with E-state index in [1.54, 1.807) is 0 Å². The summed E-state index contributed by atoms with van der Waals surface area (Å²) in [5.74, 6) is -0.400. The van der Waals surface area contributed by atoms with Crippen LogP contribution in [0.3, 0.4) is 0 Å². The summed E-state index contributed by atoms with van der Waals surface area (Å²) in [5.41, 5.74) is 1.14. The van der Waals surface area contributed by atoms with Crippen molar-refractivity contribution in [3.63, 3.8) is 0 Å². The van der Waals surface area contributed by atoms with Gasteiger partial charge in [0, 0.05) is 19.6 Å². The second-order valence-electron chi connectivity index (χ2n) is 5.19. The number of carbonyl (C=O) groups excluding carboxylic acids is 2. The van der Waals surface area contributed by atoms with Gasteiger partial charge in [0.05, 0.1) is 13.0 Å². The third kappa shape index (κ3) is 4.56. The fourth-order valence-corrected chi connectivity index (χ4v) is 2.42. The van der Waals surface area contributed by atoms with Crippen molar-refractivity contribution in [3.05, 3.63) is 35.9 Å². The zero-order valence-corrected chi connectivity index (χ0v) is 12.4. The first kappa shape index (κ1) is 15.5. The summed E-state index contributed by atoms with van der Waals surface area (Å²) in [4.78, 5) is 25.9. The van der Waals surface area contributed by atoms with E-state index in [0.717, 1.165) is 18.5 Å². The Kier molecular flexibility index (Phi) is 5.75. The van der Waals surface area contributed by atoms with Crippen LogP contribution in [-0.4, -0.2) is 42.5 Å². The summed E-state index contributed by atoms with van der Waals surface area (Å²) in [7, 11) is 0. The first-order valence-electron chi connectivity index (χ1n) is 7.42. The SMILES string of the molecule is CCCOC(=O)CC1C(=O)NCCN1Cc1ccccc1. The lowest BCUT2D eigenvalue weighted by Gasteiger charge is -2.34. The Morgan fingerprint density at radius 2 is 2.14 bits per heavy atom. The average molecular weight is 290 g/mol. The standard InChI is InChI=1S/C16H22N2O3/c1-2-10-21-15(19)11-14-16(20)17-8-9-18(14)12-13-6-4-3-5-7-13/h3-7,14H,2,8-12H2,1H3,(H,17,20). The number of amides is 1. The highest BCUT2D eigenvalue weighted by molar-refractivity contribution is 5.87. The van der Waals surface area contributed by atoms with E-state index in [2.05, 4.69) is 5.32 Å². The molecule has 21 heavy (non-hydrogen) atoms. The van der Waals surface area contributed by atoms with Crippen molar-refractivity contribution in [2.45, 2.75) is 32.4 Å². The van der Waals surface area contributed by atoms with Crippen LogP contribution in [0.25, 0.3) is 0 Å². The Labute approximate surface area is 125 Å². The molecule has 1 heterocycles. The van der Waals surface area contributed by atoms with E-state index < -0.39 is 6.04 Å². The van der Waals surface area contributed by atoms with E-state index in [4.69, 9.17) is 4.74 Å². The molecule has 1 fully saturated rings. The molecule has 1 aromatic rings. The normalized spacial score (nSPS) is 19.1. The minimum Gasteiger partial charge on any atom is -0.466 e. The number of carbonyl (C=O) groups is 2. The first-order chi connectivity index (χ1) is 10.2. The van der Waals surface area contributed by atoms with E-state index in [-0.39, 0.29) is 18.3 Å². The van der Waals surface area contributed by atoms with E-state index in [1.807, 2.05) is 42.2 Å². The number of hydrogen-bond donors (Lipinski definition) is 1. The van der Waals surface area contributed by atoms with Gasteiger partial charge in [-0.1, -0.05) is 37.3 Å². The van der Waals surface area contributed by atoms with E-state index >= 15 is 0 Å². The van der Waals surface area contributed by atoms with Crippen molar-refractivity contribution in [3.8, 4) is 0 Å². The van der Waals surface area contributed by atoms with Crippen LogP contribution in [0.2, 0.25) is 0 Å². The molecule has 0 aromatic heterocycles. The van der Waals surface area contributed by atoms with E-state index in [0.29, 0.717) is 19.7 Å². The molecule has 1 amide bonds. The van der Waals surface area contributed by atoms with Crippen LogP contribution in [0.4, 0.5) is 0 Å². The summed E-state index contributed by atoms with van der Waals surface area (Å²) in [6.07, 6.45) is 0.898. The number of nitrogens with zero attached hydrogens (tertiary/aromatic N) is 1. The predicted molar refractivity (Wildman–Crippen MR) is 79.5 cm³/mol. The summed E-state index contributed by atoms with van der Waals surface area (Å²) < 4.78 is 5.10. The molecule has 0 saturated carbocycles. The third-order valence-electron chi connectivity index (χ3n) is 3.50. The molecule has 1 N–H and O–H groups in total. The Bertz CT molecular complexity index is 476. The molecule has 1 aliphatic heterocycles. The average Bonchev–Trinajstić information content (AvgIpc) is 2.50. The highest BCUT2D eigenvalue weighted by Crippen LogP contribution is 2.14. The van der Waals surface area contributed by atoms with Crippen molar-refractivity contribution in [1.82, 2.24) is 10.2 Å². The lowest BCUT2D eigenvalue weighted by atomic mass is 10.1. The molecular weight excluding hydrogens is 268 g/mol. The Balaban J connectivity index is 1.99. The van der Waals surface area contributed by atoms with Gasteiger partial charge < -0.3 is 10.1 Å². The van der Waals surface area contributed by atoms with Gasteiger partial charge in [-0.15, -0.1) is 0 Å². The van der Waals surface area contributed by atoms with Crippen molar-refractivity contribution in [2.24, 2.45) is 0 Å². The van der Waals surface area contributed by atoms with Gasteiger partial charge in [-0.05, 0) is 12.0 Å². The number of esters is 1. The molecule has 0 bridgehead atoms. The largest absolute Gasteiger partial charge is 0.466 e. The lowest BCUT2D eigenvalue weighted by molar-refractivity contribution is -0.148. The van der Waals surface area contributed by atoms with Gasteiger partial charge in [-0.25, -0.2) is 0 Å². The fraction of sp³-hybridized carbons (Fsp3) is 0.500. The van der Waals surface area contributed by atoms with Crippen LogP contribution in [0, 0.1) is 0 Å². The molecule has 1 aromatic carbocycles. The molecule has 1 unspecified atom stereocenters. The number of nitrogens with one attached hydrogen (secondary N) is 1. The van der Waals surface area contributed by atoms with Crippen molar-refractivity contribution in [1.29, 1.82) is 0 Å². The Hall–Kier alpha value is -1.88. The monoisotopic (exact) mass is 290 g/mol. The predicted octanol–water partition coefficient (Wildman–Crippen LogP) is 1.33. The minimum atomic E-state index is -0.441. The smallest absolute Gasteiger partial charge is 0.307 e. The Morgan fingerprint density at radius 1 is 1.38 bits per heavy atom. The van der Waals surface area contributed by atoms with Crippen molar-refractivity contribution >= 4 is 11.9 Å². The molecule has 0 aliphatic carbocycles. The number of ether oxygens (including phenoxy) is 1. The molecule has 1 saturated heterocycles. The number of hydrogen-bond acceptors (Lipinski definition) is 4. The maximum atomic E-state index is 12.0.